The maximum atomic E-state index is 12.4. The Morgan fingerprint density at radius 3 is 2.96 bits per heavy atom. The largest absolute Gasteiger partial charge is 0.379 e. The van der Waals surface area contributed by atoms with E-state index in [2.05, 4.69) is 14.9 Å². The van der Waals surface area contributed by atoms with E-state index in [9.17, 15) is 4.79 Å². The summed E-state index contributed by atoms with van der Waals surface area (Å²) in [5.74, 6) is 0.0934. The summed E-state index contributed by atoms with van der Waals surface area (Å²) in [5.41, 5.74) is 1.46. The van der Waals surface area contributed by atoms with E-state index < -0.39 is 0 Å². The SMILES string of the molecule is [2H]c1nc([2H])c(-c2ccc3cnc(CC(=O)CN4CCOCC4)cc3c2)c([2H])c1[2H]. The van der Waals surface area contributed by atoms with Crippen molar-refractivity contribution in [3.05, 3.63) is 60.6 Å². The van der Waals surface area contributed by atoms with Crippen LogP contribution in [0.2, 0.25) is 0 Å². The van der Waals surface area contributed by atoms with Gasteiger partial charge in [0.2, 0.25) is 0 Å². The monoisotopic (exact) mass is 351 g/mol. The van der Waals surface area contributed by atoms with Crippen molar-refractivity contribution in [2.24, 2.45) is 0 Å². The number of ketones is 1. The number of carbonyl (C=O) groups excluding carboxylic acids is 1. The summed E-state index contributed by atoms with van der Waals surface area (Å²) in [4.78, 5) is 22.7. The van der Waals surface area contributed by atoms with E-state index in [0.717, 1.165) is 23.9 Å². The van der Waals surface area contributed by atoms with Crippen molar-refractivity contribution in [1.82, 2.24) is 14.9 Å². The highest BCUT2D eigenvalue weighted by atomic mass is 16.5. The number of morpholine rings is 1. The van der Waals surface area contributed by atoms with Crippen molar-refractivity contribution in [3.63, 3.8) is 0 Å². The first-order valence-corrected chi connectivity index (χ1v) is 8.57. The van der Waals surface area contributed by atoms with E-state index in [0.29, 0.717) is 31.0 Å². The number of pyridine rings is 2. The molecule has 3 aromatic rings. The van der Waals surface area contributed by atoms with Crippen LogP contribution in [0, 0.1) is 0 Å². The minimum atomic E-state index is -0.375. The van der Waals surface area contributed by atoms with Crippen LogP contribution < -0.4 is 0 Å². The predicted molar refractivity (Wildman–Crippen MR) is 101 cm³/mol. The van der Waals surface area contributed by atoms with Crippen molar-refractivity contribution in [2.75, 3.05) is 32.8 Å². The molecule has 5 nitrogen and oxygen atoms in total. The zero-order chi connectivity index (χ0) is 21.3. The standard InChI is InChI=1S/C21H21N3O2/c25-21(15-24-6-8-26-9-7-24)12-20-11-19-10-16(3-4-18(19)14-23-20)17-2-1-5-22-13-17/h1-5,10-11,13-14H,6-9,12,15H2/i1D,2D,5D,13D. The first-order chi connectivity index (χ1) is 14.4. The Labute approximate surface area is 158 Å². The molecule has 0 atom stereocenters. The normalized spacial score (nSPS) is 17.4. The Morgan fingerprint density at radius 2 is 2.08 bits per heavy atom. The molecule has 0 bridgehead atoms. The average molecular weight is 351 g/mol. The van der Waals surface area contributed by atoms with Gasteiger partial charge in [0, 0.05) is 48.3 Å². The van der Waals surface area contributed by atoms with Crippen LogP contribution in [0.3, 0.4) is 0 Å². The second-order valence-electron chi connectivity index (χ2n) is 6.30. The third kappa shape index (κ3) is 3.95. The fourth-order valence-corrected chi connectivity index (χ4v) is 3.07. The van der Waals surface area contributed by atoms with Gasteiger partial charge in [0.15, 0.2) is 5.78 Å². The van der Waals surface area contributed by atoms with Gasteiger partial charge in [0.05, 0.1) is 31.7 Å². The molecule has 1 aromatic carbocycles. The van der Waals surface area contributed by atoms with Crippen LogP contribution in [-0.2, 0) is 16.0 Å². The number of hydrogen-bond donors (Lipinski definition) is 0. The van der Waals surface area contributed by atoms with Gasteiger partial charge in [-0.1, -0.05) is 18.2 Å². The molecule has 0 amide bonds. The van der Waals surface area contributed by atoms with Gasteiger partial charge in [-0.2, -0.15) is 0 Å². The van der Waals surface area contributed by atoms with Gasteiger partial charge in [-0.05, 0) is 29.1 Å². The van der Waals surface area contributed by atoms with Gasteiger partial charge in [0.1, 0.15) is 0 Å². The van der Waals surface area contributed by atoms with Gasteiger partial charge in [-0.25, -0.2) is 0 Å². The zero-order valence-electron chi connectivity index (χ0n) is 18.3. The molecule has 3 heterocycles. The molecule has 1 aliphatic heterocycles. The number of benzene rings is 1. The van der Waals surface area contributed by atoms with Crippen LogP contribution >= 0.6 is 0 Å². The Hall–Kier alpha value is -2.63. The molecule has 4 rings (SSSR count). The number of fused-ring (bicyclic) bond motifs is 1. The first kappa shape index (κ1) is 12.7. The number of rotatable bonds is 5. The number of ether oxygens (including phenoxy) is 1. The van der Waals surface area contributed by atoms with Crippen molar-refractivity contribution in [2.45, 2.75) is 6.42 Å². The maximum absolute atomic E-state index is 12.4. The highest BCUT2D eigenvalue weighted by Crippen LogP contribution is 2.24. The van der Waals surface area contributed by atoms with Crippen LogP contribution in [0.25, 0.3) is 21.9 Å². The van der Waals surface area contributed by atoms with E-state index in [1.54, 1.807) is 12.3 Å². The van der Waals surface area contributed by atoms with E-state index in [1.807, 2.05) is 18.2 Å². The van der Waals surface area contributed by atoms with Crippen LogP contribution in [0.1, 0.15) is 11.2 Å². The average Bonchev–Trinajstić information content (AvgIpc) is 2.72. The Kier molecular flexibility index (Phi) is 3.77. The zero-order valence-corrected chi connectivity index (χ0v) is 14.3. The molecular formula is C21H21N3O2. The lowest BCUT2D eigenvalue weighted by Gasteiger charge is -2.25. The Balaban J connectivity index is 1.60. The molecule has 0 saturated carbocycles. The summed E-state index contributed by atoms with van der Waals surface area (Å²) >= 11 is 0. The van der Waals surface area contributed by atoms with Gasteiger partial charge in [0.25, 0.3) is 0 Å². The smallest absolute Gasteiger partial charge is 0.152 e. The molecule has 0 aliphatic carbocycles. The van der Waals surface area contributed by atoms with Gasteiger partial charge >= 0.3 is 0 Å². The predicted octanol–water partition coefficient (Wildman–Crippen LogP) is 2.74. The fraction of sp³-hybridized carbons (Fsp3) is 0.286. The molecule has 0 unspecified atom stereocenters. The summed E-state index contributed by atoms with van der Waals surface area (Å²) < 4.78 is 36.9. The number of carbonyl (C=O) groups is 1. The van der Waals surface area contributed by atoms with Gasteiger partial charge in [-0.15, -0.1) is 0 Å². The molecule has 2 aromatic heterocycles. The number of nitrogens with zero attached hydrogens (tertiary/aromatic N) is 3. The van der Waals surface area contributed by atoms with E-state index in [4.69, 9.17) is 10.2 Å². The molecule has 26 heavy (non-hydrogen) atoms. The summed E-state index contributed by atoms with van der Waals surface area (Å²) in [6.07, 6.45) is 1.37. The molecule has 0 spiro atoms. The molecule has 5 heteroatoms. The third-order valence-electron chi connectivity index (χ3n) is 4.42. The molecule has 0 N–H and O–H groups in total. The summed E-state index contributed by atoms with van der Waals surface area (Å²) in [7, 11) is 0. The van der Waals surface area contributed by atoms with Crippen LogP contribution in [0.5, 0.6) is 0 Å². The number of hydrogen-bond acceptors (Lipinski definition) is 5. The van der Waals surface area contributed by atoms with Gasteiger partial charge in [-0.3, -0.25) is 19.7 Å². The maximum Gasteiger partial charge on any atom is 0.152 e. The van der Waals surface area contributed by atoms with Gasteiger partial charge < -0.3 is 4.74 Å². The highest BCUT2D eigenvalue weighted by Gasteiger charge is 2.15. The second-order valence-corrected chi connectivity index (χ2v) is 6.30. The minimum absolute atomic E-state index is 0.0934. The fourth-order valence-electron chi connectivity index (χ4n) is 3.07. The van der Waals surface area contributed by atoms with Crippen LogP contribution in [-0.4, -0.2) is 53.5 Å². The molecule has 132 valence electrons. The van der Waals surface area contributed by atoms with Crippen molar-refractivity contribution in [3.8, 4) is 11.1 Å². The molecule has 1 aliphatic rings. The summed E-state index contributed by atoms with van der Waals surface area (Å²) in [5, 5.41) is 1.70. The van der Waals surface area contributed by atoms with Crippen LogP contribution in [0.4, 0.5) is 0 Å². The van der Waals surface area contributed by atoms with E-state index >= 15 is 0 Å². The number of Topliss-reactive ketones (excluding diaryl/α,β-unsaturated/α-hetero) is 1. The number of aromatic nitrogens is 2. The van der Waals surface area contributed by atoms with E-state index in [-0.39, 0.29) is 42.2 Å². The lowest BCUT2D eigenvalue weighted by atomic mass is 10.0. The first-order valence-electron chi connectivity index (χ1n) is 10.6. The molecule has 1 fully saturated rings. The minimum Gasteiger partial charge on any atom is -0.379 e. The van der Waals surface area contributed by atoms with Crippen molar-refractivity contribution in [1.29, 1.82) is 0 Å². The quantitative estimate of drug-likeness (QED) is 0.707. The third-order valence-corrected chi connectivity index (χ3v) is 4.42. The highest BCUT2D eigenvalue weighted by molar-refractivity contribution is 5.88. The lowest BCUT2D eigenvalue weighted by Crippen LogP contribution is -2.39. The molecular weight excluding hydrogens is 326 g/mol. The second kappa shape index (κ2) is 7.72. The Morgan fingerprint density at radius 1 is 1.19 bits per heavy atom. The van der Waals surface area contributed by atoms with Crippen molar-refractivity contribution >= 4 is 16.6 Å². The van der Waals surface area contributed by atoms with Crippen LogP contribution in [0.15, 0.2) is 54.9 Å². The Bertz CT molecular complexity index is 1120. The van der Waals surface area contributed by atoms with Crippen molar-refractivity contribution < 1.29 is 15.0 Å². The summed E-state index contributed by atoms with van der Waals surface area (Å²) in [6.45, 7) is 3.19. The summed E-state index contributed by atoms with van der Waals surface area (Å²) in [6, 6.07) is 6.75. The molecule has 0 radical (unpaired) electrons. The lowest BCUT2D eigenvalue weighted by molar-refractivity contribution is -0.120. The molecule has 1 saturated heterocycles. The van der Waals surface area contributed by atoms with E-state index in [1.165, 1.54) is 0 Å². The topological polar surface area (TPSA) is 55.3 Å².